The summed E-state index contributed by atoms with van der Waals surface area (Å²) in [5, 5.41) is 0. The molecule has 18 heavy (non-hydrogen) atoms. The van der Waals surface area contributed by atoms with Crippen molar-refractivity contribution in [2.75, 3.05) is 0 Å². The van der Waals surface area contributed by atoms with Gasteiger partial charge in [-0.2, -0.15) is 0 Å². The smallest absolute Gasteiger partial charge is 0.269 e. The predicted octanol–water partition coefficient (Wildman–Crippen LogP) is 2.65. The number of nitrogens with zero attached hydrogens (tertiary/aromatic N) is 2. The van der Waals surface area contributed by atoms with Gasteiger partial charge in [0, 0.05) is 11.9 Å². The molecular weight excluding hydrogens is 224 g/mol. The number of hydrogen-bond donors (Lipinski definition) is 0. The van der Waals surface area contributed by atoms with Gasteiger partial charge in [-0.3, -0.25) is 8.97 Å². The molecule has 0 unspecified atom stereocenters. The van der Waals surface area contributed by atoms with Crippen molar-refractivity contribution in [2.24, 2.45) is 0 Å². The van der Waals surface area contributed by atoms with Crippen molar-refractivity contribution >= 4 is 5.52 Å². The Bertz CT molecular complexity index is 738. The van der Waals surface area contributed by atoms with Crippen LogP contribution in [-0.4, -0.2) is 8.97 Å². The van der Waals surface area contributed by atoms with E-state index in [1.165, 1.54) is 0 Å². The summed E-state index contributed by atoms with van der Waals surface area (Å²) in [6, 6.07) is 15.7. The maximum Gasteiger partial charge on any atom is 0.337 e. The van der Waals surface area contributed by atoms with Crippen LogP contribution in [0.3, 0.4) is 0 Å². The summed E-state index contributed by atoms with van der Waals surface area (Å²) in [6.07, 6.45) is 2.63. The van der Waals surface area contributed by atoms with Crippen molar-refractivity contribution in [3.8, 4) is 5.69 Å². The topological polar surface area (TPSA) is 26.4 Å². The van der Waals surface area contributed by atoms with E-state index in [0.29, 0.717) is 0 Å². The molecule has 0 saturated heterocycles. The van der Waals surface area contributed by atoms with Crippen LogP contribution in [0.25, 0.3) is 11.2 Å². The molecule has 0 amide bonds. The van der Waals surface area contributed by atoms with Gasteiger partial charge in [-0.05, 0) is 36.8 Å². The molecule has 3 nitrogen and oxygen atoms in total. The minimum Gasteiger partial charge on any atom is -0.269 e. The van der Waals surface area contributed by atoms with Crippen LogP contribution in [0, 0.1) is 0 Å². The zero-order chi connectivity index (χ0) is 12.5. The number of hydrogen-bond acceptors (Lipinski definition) is 1. The van der Waals surface area contributed by atoms with Crippen molar-refractivity contribution in [1.29, 1.82) is 0 Å². The van der Waals surface area contributed by atoms with E-state index in [1.54, 1.807) is 15.2 Å². The molecule has 0 N–H and O–H groups in total. The molecule has 3 aromatic rings. The summed E-state index contributed by atoms with van der Waals surface area (Å²) in [5.74, 6) is 0. The van der Waals surface area contributed by atoms with Crippen LogP contribution in [0.4, 0.5) is 0 Å². The Kier molecular flexibility index (Phi) is 2.52. The van der Waals surface area contributed by atoms with Crippen LogP contribution < -0.4 is 5.69 Å². The standard InChI is InChI=1S/C15H14N2O/c1-2-12-11-14-9-6-10-16(14)15(18)17(12)13-7-4-3-5-8-13/h3-11H,2H2,1H3. The van der Waals surface area contributed by atoms with Gasteiger partial charge < -0.3 is 0 Å². The molecule has 0 aliphatic carbocycles. The Balaban J connectivity index is 2.40. The minimum absolute atomic E-state index is 0.0134. The number of benzene rings is 1. The van der Waals surface area contributed by atoms with Gasteiger partial charge in [0.25, 0.3) is 0 Å². The molecule has 3 heteroatoms. The van der Waals surface area contributed by atoms with E-state index in [1.807, 2.05) is 42.5 Å². The highest BCUT2D eigenvalue weighted by atomic mass is 16.1. The van der Waals surface area contributed by atoms with Crippen LogP contribution in [0.15, 0.2) is 59.5 Å². The van der Waals surface area contributed by atoms with E-state index in [-0.39, 0.29) is 5.69 Å². The summed E-state index contributed by atoms with van der Waals surface area (Å²) in [6.45, 7) is 2.06. The lowest BCUT2D eigenvalue weighted by Crippen LogP contribution is -2.27. The fraction of sp³-hybridized carbons (Fsp3) is 0.133. The zero-order valence-electron chi connectivity index (χ0n) is 10.2. The van der Waals surface area contributed by atoms with Gasteiger partial charge in [-0.25, -0.2) is 4.79 Å². The third kappa shape index (κ3) is 1.56. The molecule has 90 valence electrons. The zero-order valence-corrected chi connectivity index (χ0v) is 10.2. The monoisotopic (exact) mass is 238 g/mol. The summed E-state index contributed by atoms with van der Waals surface area (Å²) in [4.78, 5) is 12.5. The second-order valence-electron chi connectivity index (χ2n) is 4.25. The van der Waals surface area contributed by atoms with Gasteiger partial charge >= 0.3 is 5.69 Å². The second kappa shape index (κ2) is 4.18. The molecular formula is C15H14N2O. The van der Waals surface area contributed by atoms with Crippen LogP contribution >= 0.6 is 0 Å². The average molecular weight is 238 g/mol. The van der Waals surface area contributed by atoms with Crippen LogP contribution in [0.5, 0.6) is 0 Å². The van der Waals surface area contributed by atoms with Crippen molar-refractivity contribution in [2.45, 2.75) is 13.3 Å². The predicted molar refractivity (Wildman–Crippen MR) is 72.4 cm³/mol. The first-order valence-corrected chi connectivity index (χ1v) is 6.08. The molecule has 0 aliphatic heterocycles. The fourth-order valence-electron chi connectivity index (χ4n) is 2.27. The van der Waals surface area contributed by atoms with Gasteiger partial charge in [0.05, 0.1) is 11.2 Å². The molecule has 0 saturated carbocycles. The minimum atomic E-state index is -0.0134. The molecule has 0 spiro atoms. The molecule has 0 radical (unpaired) electrons. The highest BCUT2D eigenvalue weighted by molar-refractivity contribution is 5.49. The molecule has 1 aromatic carbocycles. The first kappa shape index (κ1) is 10.8. The van der Waals surface area contributed by atoms with E-state index in [9.17, 15) is 4.79 Å². The van der Waals surface area contributed by atoms with E-state index >= 15 is 0 Å². The molecule has 0 aliphatic rings. The lowest BCUT2D eigenvalue weighted by atomic mass is 10.2. The Hall–Kier alpha value is -2.29. The molecule has 0 fully saturated rings. The van der Waals surface area contributed by atoms with Gasteiger partial charge in [-0.15, -0.1) is 0 Å². The lowest BCUT2D eigenvalue weighted by molar-refractivity contribution is 0.814. The number of fused-ring (bicyclic) bond motifs is 1. The van der Waals surface area contributed by atoms with Gasteiger partial charge in [0.2, 0.25) is 0 Å². The summed E-state index contributed by atoms with van der Waals surface area (Å²) in [5.41, 5.74) is 2.87. The lowest BCUT2D eigenvalue weighted by Gasteiger charge is -2.12. The van der Waals surface area contributed by atoms with Crippen molar-refractivity contribution in [1.82, 2.24) is 8.97 Å². The van der Waals surface area contributed by atoms with Gasteiger partial charge in [0.15, 0.2) is 0 Å². The van der Waals surface area contributed by atoms with Crippen molar-refractivity contribution in [3.63, 3.8) is 0 Å². The first-order chi connectivity index (χ1) is 8.81. The van der Waals surface area contributed by atoms with E-state index in [2.05, 4.69) is 13.0 Å². The molecule has 0 atom stereocenters. The Labute approximate surface area is 105 Å². The number of aryl methyl sites for hydroxylation is 1. The van der Waals surface area contributed by atoms with Crippen LogP contribution in [0.2, 0.25) is 0 Å². The molecule has 0 bridgehead atoms. The normalized spacial score (nSPS) is 10.9. The van der Waals surface area contributed by atoms with Crippen LogP contribution in [-0.2, 0) is 6.42 Å². The number of rotatable bonds is 2. The van der Waals surface area contributed by atoms with Crippen LogP contribution in [0.1, 0.15) is 12.6 Å². The van der Waals surface area contributed by atoms with E-state index in [4.69, 9.17) is 0 Å². The molecule has 2 aromatic heterocycles. The third-order valence-electron chi connectivity index (χ3n) is 3.16. The van der Waals surface area contributed by atoms with Gasteiger partial charge in [-0.1, -0.05) is 25.1 Å². The first-order valence-electron chi connectivity index (χ1n) is 6.08. The SMILES string of the molecule is CCc1cc2cccn2c(=O)n1-c1ccccc1. The maximum absolute atomic E-state index is 12.5. The largest absolute Gasteiger partial charge is 0.337 e. The van der Waals surface area contributed by atoms with E-state index in [0.717, 1.165) is 23.3 Å². The fourth-order valence-corrected chi connectivity index (χ4v) is 2.27. The maximum atomic E-state index is 12.5. The molecule has 2 heterocycles. The highest BCUT2D eigenvalue weighted by Crippen LogP contribution is 2.12. The van der Waals surface area contributed by atoms with E-state index < -0.39 is 0 Å². The Morgan fingerprint density at radius 1 is 1.06 bits per heavy atom. The number of aromatic nitrogens is 2. The Morgan fingerprint density at radius 3 is 2.56 bits per heavy atom. The summed E-state index contributed by atoms with van der Waals surface area (Å²) >= 11 is 0. The Morgan fingerprint density at radius 2 is 1.83 bits per heavy atom. The average Bonchev–Trinajstić information content (AvgIpc) is 2.88. The van der Waals surface area contributed by atoms with Gasteiger partial charge in [0.1, 0.15) is 0 Å². The summed E-state index contributed by atoms with van der Waals surface area (Å²) in [7, 11) is 0. The second-order valence-corrected chi connectivity index (χ2v) is 4.25. The highest BCUT2D eigenvalue weighted by Gasteiger charge is 2.08. The number of para-hydroxylation sites is 1. The van der Waals surface area contributed by atoms with Crippen molar-refractivity contribution in [3.05, 3.63) is 70.9 Å². The van der Waals surface area contributed by atoms with Crippen molar-refractivity contribution < 1.29 is 0 Å². The third-order valence-corrected chi connectivity index (χ3v) is 3.16. The quantitative estimate of drug-likeness (QED) is 0.674. The molecule has 3 rings (SSSR count). The summed E-state index contributed by atoms with van der Waals surface area (Å²) < 4.78 is 3.44.